The summed E-state index contributed by atoms with van der Waals surface area (Å²) in [6, 6.07) is 11.6. The number of amides is 2. The Bertz CT molecular complexity index is 1620. The third kappa shape index (κ3) is 5.90. The topological polar surface area (TPSA) is 133 Å². The van der Waals surface area contributed by atoms with E-state index < -0.39 is 33.3 Å². The van der Waals surface area contributed by atoms with Gasteiger partial charge in [-0.2, -0.15) is 0 Å². The first kappa shape index (κ1) is 26.1. The first-order valence-electron chi connectivity index (χ1n) is 11.0. The Morgan fingerprint density at radius 2 is 1.86 bits per heavy atom. The van der Waals surface area contributed by atoms with Gasteiger partial charge in [0.05, 0.1) is 5.69 Å². The minimum Gasteiger partial charge on any atom is -0.494 e. The number of fused-ring (bicyclic) bond motifs is 1. The fourth-order valence-corrected chi connectivity index (χ4v) is 5.49. The third-order valence-corrected chi connectivity index (χ3v) is 8.05. The largest absolute Gasteiger partial charge is 0.494 e. The van der Waals surface area contributed by atoms with E-state index in [1.54, 1.807) is 23.6 Å². The van der Waals surface area contributed by atoms with E-state index >= 15 is 4.39 Å². The molecule has 0 fully saturated rings. The second-order valence-electron chi connectivity index (χ2n) is 8.33. The summed E-state index contributed by atoms with van der Waals surface area (Å²) < 4.78 is 42.0. The molecule has 4 N–H and O–H groups in total. The molecule has 13 heteroatoms. The molecule has 0 aliphatic carbocycles. The summed E-state index contributed by atoms with van der Waals surface area (Å²) >= 11 is 0.937. The molecule has 194 valence electrons. The van der Waals surface area contributed by atoms with Crippen LogP contribution in [0.5, 0.6) is 5.88 Å². The van der Waals surface area contributed by atoms with Gasteiger partial charge in [0.15, 0.2) is 0 Å². The van der Waals surface area contributed by atoms with Crippen LogP contribution in [0.4, 0.5) is 20.6 Å². The molecule has 10 nitrogen and oxygen atoms in total. The number of hydrogen-bond donors (Lipinski definition) is 4. The fourth-order valence-electron chi connectivity index (χ4n) is 3.59. The quantitative estimate of drug-likeness (QED) is 0.267. The number of thiophene rings is 1. The van der Waals surface area contributed by atoms with Crippen LogP contribution in [-0.2, 0) is 10.0 Å². The van der Waals surface area contributed by atoms with Crippen molar-refractivity contribution >= 4 is 49.5 Å². The summed E-state index contributed by atoms with van der Waals surface area (Å²) in [5.74, 6) is -1.36. The van der Waals surface area contributed by atoms with Crippen LogP contribution in [0.1, 0.15) is 0 Å². The van der Waals surface area contributed by atoms with E-state index in [9.17, 15) is 23.1 Å². The number of hydrogen-bond acceptors (Lipinski definition) is 8. The highest BCUT2D eigenvalue weighted by Crippen LogP contribution is 2.29. The lowest BCUT2D eigenvalue weighted by atomic mass is 10.1. The normalized spacial score (nSPS) is 11.6. The van der Waals surface area contributed by atoms with Gasteiger partial charge in [0.1, 0.15) is 10.0 Å². The molecule has 0 aliphatic rings. The van der Waals surface area contributed by atoms with E-state index in [2.05, 4.69) is 10.6 Å². The molecule has 0 saturated heterocycles. The number of sulfonamides is 1. The number of rotatable bonds is 8. The van der Waals surface area contributed by atoms with Crippen molar-refractivity contribution in [1.29, 1.82) is 0 Å². The highest BCUT2D eigenvalue weighted by Gasteiger charge is 2.20. The molecule has 0 radical (unpaired) electrons. The zero-order valence-electron chi connectivity index (χ0n) is 19.9. The molecule has 0 spiro atoms. The number of nitrogens with zero attached hydrogens (tertiary/aromatic N) is 2. The van der Waals surface area contributed by atoms with Crippen molar-refractivity contribution in [3.05, 3.63) is 76.1 Å². The number of benzene rings is 2. The van der Waals surface area contributed by atoms with Crippen molar-refractivity contribution in [2.75, 3.05) is 37.8 Å². The SMILES string of the molecule is CN(C)CCNc1ccc2c(O)n(-c3ccc(NC(=O)NS(=O)(=O)c4cccs4)cc3F)c(=O)cc2c1. The number of carbonyl (C=O) groups excluding carboxylic acids is 1. The van der Waals surface area contributed by atoms with Crippen LogP contribution in [0.2, 0.25) is 0 Å². The van der Waals surface area contributed by atoms with Gasteiger partial charge in [0.25, 0.3) is 15.6 Å². The average Bonchev–Trinajstić information content (AvgIpc) is 3.36. The molecular formula is C24H24FN5O5S2. The molecule has 2 aromatic heterocycles. The molecule has 4 aromatic rings. The lowest BCUT2D eigenvalue weighted by Gasteiger charge is -2.15. The second kappa shape index (κ2) is 10.6. The van der Waals surface area contributed by atoms with E-state index in [1.165, 1.54) is 30.3 Å². The number of pyridine rings is 1. The molecule has 2 amide bonds. The average molecular weight is 546 g/mol. The summed E-state index contributed by atoms with van der Waals surface area (Å²) in [6.45, 7) is 1.49. The summed E-state index contributed by atoms with van der Waals surface area (Å²) in [5, 5.41) is 18.7. The van der Waals surface area contributed by atoms with Gasteiger partial charge in [0.2, 0.25) is 5.88 Å². The molecule has 2 heterocycles. The van der Waals surface area contributed by atoms with Crippen LogP contribution >= 0.6 is 11.3 Å². The Morgan fingerprint density at radius 1 is 1.11 bits per heavy atom. The third-order valence-electron chi connectivity index (χ3n) is 5.33. The van der Waals surface area contributed by atoms with Gasteiger partial charge in [-0.1, -0.05) is 6.07 Å². The van der Waals surface area contributed by atoms with Gasteiger partial charge in [0, 0.05) is 35.9 Å². The Kier molecular flexibility index (Phi) is 7.47. The zero-order chi connectivity index (χ0) is 26.7. The number of halogens is 1. The van der Waals surface area contributed by atoms with Crippen LogP contribution in [-0.4, -0.2) is 56.2 Å². The molecule has 4 rings (SSSR count). The maximum atomic E-state index is 15.0. The Balaban J connectivity index is 1.56. The minimum absolute atomic E-state index is 0.0493. The summed E-state index contributed by atoms with van der Waals surface area (Å²) in [7, 11) is -0.156. The molecular weight excluding hydrogens is 521 g/mol. The van der Waals surface area contributed by atoms with Gasteiger partial charge in [-0.15, -0.1) is 11.3 Å². The first-order chi connectivity index (χ1) is 17.5. The van der Waals surface area contributed by atoms with Crippen LogP contribution in [0.25, 0.3) is 16.5 Å². The number of urea groups is 1. The smallest absolute Gasteiger partial charge is 0.333 e. The zero-order valence-corrected chi connectivity index (χ0v) is 21.5. The van der Waals surface area contributed by atoms with Crippen LogP contribution in [0, 0.1) is 5.82 Å². The Hall–Kier alpha value is -3.94. The first-order valence-corrected chi connectivity index (χ1v) is 13.4. The van der Waals surface area contributed by atoms with Crippen LogP contribution < -0.4 is 20.9 Å². The molecule has 0 bridgehead atoms. The van der Waals surface area contributed by atoms with E-state index in [0.717, 1.165) is 34.2 Å². The predicted octanol–water partition coefficient (Wildman–Crippen LogP) is 3.38. The second-order valence-corrected chi connectivity index (χ2v) is 11.2. The lowest BCUT2D eigenvalue weighted by Crippen LogP contribution is -2.34. The van der Waals surface area contributed by atoms with E-state index in [1.807, 2.05) is 23.7 Å². The number of carbonyl (C=O) groups is 1. The van der Waals surface area contributed by atoms with E-state index in [0.29, 0.717) is 17.3 Å². The molecule has 2 aromatic carbocycles. The minimum atomic E-state index is -4.06. The highest BCUT2D eigenvalue weighted by atomic mass is 32.2. The van der Waals surface area contributed by atoms with Gasteiger partial charge >= 0.3 is 6.03 Å². The molecule has 0 aliphatic heterocycles. The van der Waals surface area contributed by atoms with Crippen molar-refractivity contribution in [1.82, 2.24) is 14.2 Å². The number of likely N-dealkylation sites (N-methyl/N-ethyl adjacent to an activating group) is 1. The van der Waals surface area contributed by atoms with Crippen molar-refractivity contribution in [2.24, 2.45) is 0 Å². The predicted molar refractivity (Wildman–Crippen MR) is 142 cm³/mol. The van der Waals surface area contributed by atoms with Gasteiger partial charge in [-0.05, 0) is 67.3 Å². The lowest BCUT2D eigenvalue weighted by molar-refractivity contribution is 0.256. The Labute approximate surface area is 216 Å². The Morgan fingerprint density at radius 3 is 2.54 bits per heavy atom. The van der Waals surface area contributed by atoms with Crippen molar-refractivity contribution in [3.63, 3.8) is 0 Å². The van der Waals surface area contributed by atoms with E-state index in [-0.39, 0.29) is 15.6 Å². The van der Waals surface area contributed by atoms with Crippen LogP contribution in [0.15, 0.2) is 69.0 Å². The van der Waals surface area contributed by atoms with Gasteiger partial charge in [-0.3, -0.25) is 4.79 Å². The number of anilines is 2. The standard InChI is InChI=1S/C24H24FN5O5S2/c1-29(2)10-9-26-16-5-7-18-15(12-16)13-21(31)30(23(18)32)20-8-6-17(14-19(20)25)27-24(33)28-37(34,35)22-4-3-11-36-22/h3-8,11-14,26,32H,9-10H2,1-2H3,(H2,27,28,33). The maximum absolute atomic E-state index is 15.0. The van der Waals surface area contributed by atoms with Gasteiger partial charge in [-0.25, -0.2) is 26.9 Å². The van der Waals surface area contributed by atoms with Crippen molar-refractivity contribution < 1.29 is 22.7 Å². The number of aromatic hydroxyl groups is 1. The molecule has 0 atom stereocenters. The maximum Gasteiger partial charge on any atom is 0.333 e. The van der Waals surface area contributed by atoms with Gasteiger partial charge < -0.3 is 20.6 Å². The van der Waals surface area contributed by atoms with E-state index in [4.69, 9.17) is 0 Å². The fraction of sp³-hybridized carbons (Fsp3) is 0.167. The van der Waals surface area contributed by atoms with Crippen molar-refractivity contribution in [3.8, 4) is 11.6 Å². The monoisotopic (exact) mass is 545 g/mol. The summed E-state index contributed by atoms with van der Waals surface area (Å²) in [6.07, 6.45) is 0. The molecule has 0 saturated carbocycles. The molecule has 0 unspecified atom stereocenters. The van der Waals surface area contributed by atoms with Crippen LogP contribution in [0.3, 0.4) is 0 Å². The summed E-state index contributed by atoms with van der Waals surface area (Å²) in [4.78, 5) is 27.0. The van der Waals surface area contributed by atoms with Crippen molar-refractivity contribution in [2.45, 2.75) is 4.21 Å². The summed E-state index contributed by atoms with van der Waals surface area (Å²) in [5.41, 5.74) is -0.182. The number of nitrogens with one attached hydrogen (secondary N) is 3. The molecule has 37 heavy (non-hydrogen) atoms. The highest BCUT2D eigenvalue weighted by molar-refractivity contribution is 7.92. The number of aromatic nitrogens is 1.